The molecule has 0 fully saturated rings. The molecule has 1 unspecified atom stereocenters. The van der Waals surface area contributed by atoms with Gasteiger partial charge in [0.1, 0.15) is 12.1 Å². The van der Waals surface area contributed by atoms with Crippen molar-refractivity contribution in [3.05, 3.63) is 59.7 Å². The molecule has 1 aliphatic carbocycles. The van der Waals surface area contributed by atoms with Gasteiger partial charge in [0, 0.05) is 24.9 Å². The zero-order valence-electron chi connectivity index (χ0n) is 21.4. The van der Waals surface area contributed by atoms with Crippen molar-refractivity contribution in [2.45, 2.75) is 65.5 Å². The lowest BCUT2D eigenvalue weighted by Crippen LogP contribution is -2.55. The molecule has 2 N–H and O–H groups in total. The van der Waals surface area contributed by atoms with Crippen molar-refractivity contribution >= 4 is 18.0 Å². The van der Waals surface area contributed by atoms with Gasteiger partial charge in [0.25, 0.3) is 0 Å². The number of hydrogen-bond acceptors (Lipinski definition) is 4. The number of fused-ring (bicyclic) bond motifs is 3. The molecule has 188 valence electrons. The van der Waals surface area contributed by atoms with Gasteiger partial charge in [-0.3, -0.25) is 4.79 Å². The van der Waals surface area contributed by atoms with Crippen LogP contribution in [0.2, 0.25) is 0 Å². The maximum absolute atomic E-state index is 13.1. The highest BCUT2D eigenvalue weighted by Crippen LogP contribution is 2.44. The van der Waals surface area contributed by atoms with Crippen LogP contribution in [0.15, 0.2) is 48.5 Å². The standard InChI is InChI=1S/C28H36N2O5/c1-7-30(28(5,6)25(32)33)24(31)16-23(27(2,3)4)29-26(34)35-17-22-20-14-10-8-12-18(20)19-13-9-11-15-21(19)22/h8-15,22-23H,7,16-17H2,1-6H3,(H,29,34)(H,32,33). The number of carbonyl (C=O) groups excluding carboxylic acids is 2. The van der Waals surface area contributed by atoms with Gasteiger partial charge in [0.2, 0.25) is 5.91 Å². The second-order valence-electron chi connectivity index (χ2n) is 10.6. The second-order valence-corrected chi connectivity index (χ2v) is 10.6. The van der Waals surface area contributed by atoms with Crippen LogP contribution in [0.1, 0.15) is 65.0 Å². The van der Waals surface area contributed by atoms with E-state index in [2.05, 4.69) is 29.6 Å². The van der Waals surface area contributed by atoms with Gasteiger partial charge in [-0.15, -0.1) is 0 Å². The molecule has 1 aliphatic rings. The fourth-order valence-electron chi connectivity index (χ4n) is 4.64. The topological polar surface area (TPSA) is 95.9 Å². The van der Waals surface area contributed by atoms with Crippen molar-refractivity contribution in [1.82, 2.24) is 10.2 Å². The van der Waals surface area contributed by atoms with Crippen molar-refractivity contribution < 1.29 is 24.2 Å². The molecule has 35 heavy (non-hydrogen) atoms. The molecule has 7 nitrogen and oxygen atoms in total. The molecule has 0 aliphatic heterocycles. The number of carbonyl (C=O) groups is 3. The summed E-state index contributed by atoms with van der Waals surface area (Å²) >= 11 is 0. The summed E-state index contributed by atoms with van der Waals surface area (Å²) in [5, 5.41) is 12.4. The first kappa shape index (κ1) is 26.3. The molecule has 0 spiro atoms. The van der Waals surface area contributed by atoms with E-state index in [-0.39, 0.29) is 31.4 Å². The summed E-state index contributed by atoms with van der Waals surface area (Å²) in [4.78, 5) is 38.9. The number of nitrogens with zero attached hydrogens (tertiary/aromatic N) is 1. The molecule has 1 atom stereocenters. The number of benzene rings is 2. The van der Waals surface area contributed by atoms with E-state index in [9.17, 15) is 19.5 Å². The third-order valence-corrected chi connectivity index (χ3v) is 6.88. The molecule has 3 rings (SSSR count). The first-order valence-corrected chi connectivity index (χ1v) is 12.0. The van der Waals surface area contributed by atoms with Gasteiger partial charge < -0.3 is 20.1 Å². The number of amides is 2. The minimum absolute atomic E-state index is 0.0295. The minimum atomic E-state index is -1.35. The van der Waals surface area contributed by atoms with Crippen LogP contribution in [0, 0.1) is 5.41 Å². The summed E-state index contributed by atoms with van der Waals surface area (Å²) in [5.41, 5.74) is 2.75. The molecule has 2 amide bonds. The van der Waals surface area contributed by atoms with E-state index >= 15 is 0 Å². The summed E-state index contributed by atoms with van der Waals surface area (Å²) in [6, 6.07) is 15.7. The molecule has 7 heteroatoms. The zero-order valence-corrected chi connectivity index (χ0v) is 21.4. The average molecular weight is 481 g/mol. The third-order valence-electron chi connectivity index (χ3n) is 6.88. The maximum Gasteiger partial charge on any atom is 0.407 e. The lowest BCUT2D eigenvalue weighted by molar-refractivity contribution is -0.157. The van der Waals surface area contributed by atoms with Gasteiger partial charge in [0.15, 0.2) is 0 Å². The monoisotopic (exact) mass is 480 g/mol. The highest BCUT2D eigenvalue weighted by atomic mass is 16.5. The van der Waals surface area contributed by atoms with E-state index in [1.165, 1.54) is 18.7 Å². The Hall–Kier alpha value is -3.35. The number of carboxylic acids is 1. The van der Waals surface area contributed by atoms with Crippen molar-refractivity contribution in [3.63, 3.8) is 0 Å². The minimum Gasteiger partial charge on any atom is -0.480 e. The summed E-state index contributed by atoms with van der Waals surface area (Å²) in [6.07, 6.45) is -0.627. The highest BCUT2D eigenvalue weighted by molar-refractivity contribution is 5.87. The second kappa shape index (κ2) is 10.1. The highest BCUT2D eigenvalue weighted by Gasteiger charge is 2.39. The fourth-order valence-corrected chi connectivity index (χ4v) is 4.64. The molecule has 0 bridgehead atoms. The van der Waals surface area contributed by atoms with Gasteiger partial charge in [-0.05, 0) is 48.4 Å². The van der Waals surface area contributed by atoms with Crippen molar-refractivity contribution in [2.75, 3.05) is 13.2 Å². The number of hydrogen-bond donors (Lipinski definition) is 2. The Balaban J connectivity index is 1.70. The van der Waals surface area contributed by atoms with Gasteiger partial charge in [0.05, 0.1) is 0 Å². The SMILES string of the molecule is CCN(C(=O)CC(NC(=O)OCC1c2ccccc2-c2ccccc21)C(C)(C)C)C(C)(C)C(=O)O. The number of rotatable bonds is 8. The van der Waals surface area contributed by atoms with Crippen LogP contribution in [-0.4, -0.2) is 52.7 Å². The van der Waals surface area contributed by atoms with E-state index in [0.29, 0.717) is 0 Å². The molecule has 2 aromatic carbocycles. The smallest absolute Gasteiger partial charge is 0.407 e. The van der Waals surface area contributed by atoms with Crippen LogP contribution in [-0.2, 0) is 14.3 Å². The van der Waals surface area contributed by atoms with Gasteiger partial charge in [-0.1, -0.05) is 69.3 Å². The predicted octanol–water partition coefficient (Wildman–Crippen LogP) is 5.04. The lowest BCUT2D eigenvalue weighted by Gasteiger charge is -2.37. The van der Waals surface area contributed by atoms with E-state index in [1.807, 2.05) is 45.0 Å². The molecular formula is C28H36N2O5. The number of alkyl carbamates (subject to hydrolysis) is 1. The van der Waals surface area contributed by atoms with Crippen LogP contribution in [0.4, 0.5) is 4.79 Å². The van der Waals surface area contributed by atoms with Crippen LogP contribution in [0.25, 0.3) is 11.1 Å². The molecule has 0 saturated heterocycles. The van der Waals surface area contributed by atoms with Gasteiger partial charge in [-0.2, -0.15) is 0 Å². The molecule has 0 aromatic heterocycles. The molecule has 2 aromatic rings. The van der Waals surface area contributed by atoms with E-state index in [4.69, 9.17) is 4.74 Å². The van der Waals surface area contributed by atoms with Gasteiger partial charge in [-0.25, -0.2) is 9.59 Å². The Morgan fingerprint density at radius 3 is 1.94 bits per heavy atom. The molecule has 0 radical (unpaired) electrons. The first-order valence-electron chi connectivity index (χ1n) is 12.0. The number of nitrogens with one attached hydrogen (secondary N) is 1. The number of aliphatic carboxylic acids is 1. The zero-order chi connectivity index (χ0) is 26.0. The molecule has 0 heterocycles. The quantitative estimate of drug-likeness (QED) is 0.552. The molecule has 0 saturated carbocycles. The van der Waals surface area contributed by atoms with Crippen molar-refractivity contribution in [1.29, 1.82) is 0 Å². The summed E-state index contributed by atoms with van der Waals surface area (Å²) < 4.78 is 5.67. The normalized spacial score (nSPS) is 14.0. The van der Waals surface area contributed by atoms with Crippen LogP contribution >= 0.6 is 0 Å². The largest absolute Gasteiger partial charge is 0.480 e. The van der Waals surface area contributed by atoms with Crippen molar-refractivity contribution in [2.24, 2.45) is 5.41 Å². The summed E-state index contributed by atoms with van der Waals surface area (Å²) in [6.45, 7) is 10.9. The fraction of sp³-hybridized carbons (Fsp3) is 0.464. The summed E-state index contributed by atoms with van der Waals surface area (Å²) in [7, 11) is 0. The molecular weight excluding hydrogens is 444 g/mol. The Morgan fingerprint density at radius 2 is 1.49 bits per heavy atom. The Labute approximate surface area is 207 Å². The Morgan fingerprint density at radius 1 is 0.971 bits per heavy atom. The third kappa shape index (κ3) is 5.50. The number of ether oxygens (including phenoxy) is 1. The number of likely N-dealkylation sites (N-methyl/N-ethyl adjacent to an activating group) is 1. The lowest BCUT2D eigenvalue weighted by atomic mass is 9.84. The number of carboxylic acid groups (broad SMARTS) is 1. The Bertz CT molecular complexity index is 1060. The average Bonchev–Trinajstić information content (AvgIpc) is 3.10. The Kier molecular flexibility index (Phi) is 7.58. The van der Waals surface area contributed by atoms with Crippen LogP contribution < -0.4 is 5.32 Å². The van der Waals surface area contributed by atoms with E-state index < -0.39 is 29.1 Å². The van der Waals surface area contributed by atoms with E-state index in [1.54, 1.807) is 6.92 Å². The maximum atomic E-state index is 13.1. The van der Waals surface area contributed by atoms with Crippen LogP contribution in [0.3, 0.4) is 0 Å². The van der Waals surface area contributed by atoms with Crippen LogP contribution in [0.5, 0.6) is 0 Å². The van der Waals surface area contributed by atoms with Gasteiger partial charge >= 0.3 is 12.1 Å². The summed E-state index contributed by atoms with van der Waals surface area (Å²) in [5.74, 6) is -1.47. The van der Waals surface area contributed by atoms with Crippen molar-refractivity contribution in [3.8, 4) is 11.1 Å². The van der Waals surface area contributed by atoms with E-state index in [0.717, 1.165) is 22.3 Å². The first-order chi connectivity index (χ1) is 16.4. The predicted molar refractivity (Wildman–Crippen MR) is 135 cm³/mol.